The van der Waals surface area contributed by atoms with Crippen molar-refractivity contribution in [2.75, 3.05) is 0 Å². The van der Waals surface area contributed by atoms with Gasteiger partial charge in [-0.15, -0.1) is 11.8 Å². The molecule has 0 atom stereocenters. The molecular weight excluding hydrogens is 292 g/mol. The number of hydrogen-bond acceptors (Lipinski definition) is 2. The van der Waals surface area contributed by atoms with E-state index in [0.717, 1.165) is 32.9 Å². The molecule has 2 rings (SSSR count). The molecule has 0 aromatic heterocycles. The van der Waals surface area contributed by atoms with E-state index in [1.54, 1.807) is 17.8 Å². The largest absolute Gasteiger partial charge is 0.478 e. The highest BCUT2D eigenvalue weighted by atomic mass is 35.5. The van der Waals surface area contributed by atoms with Gasteiger partial charge in [0.15, 0.2) is 0 Å². The van der Waals surface area contributed by atoms with Crippen LogP contribution in [-0.4, -0.2) is 11.1 Å². The fraction of sp³-hybridized carbons (Fsp3) is 0.0625. The van der Waals surface area contributed by atoms with E-state index in [1.807, 2.05) is 48.5 Å². The number of halogens is 1. The van der Waals surface area contributed by atoms with Crippen molar-refractivity contribution in [1.29, 1.82) is 0 Å². The Hall–Kier alpha value is -1.71. The number of carboxylic acids is 1. The van der Waals surface area contributed by atoms with Gasteiger partial charge in [-0.05, 0) is 29.3 Å². The van der Waals surface area contributed by atoms with E-state index < -0.39 is 5.97 Å². The predicted molar refractivity (Wildman–Crippen MR) is 84.1 cm³/mol. The fourth-order valence-electron chi connectivity index (χ4n) is 1.68. The average molecular weight is 305 g/mol. The van der Waals surface area contributed by atoms with Crippen molar-refractivity contribution < 1.29 is 9.90 Å². The van der Waals surface area contributed by atoms with Crippen LogP contribution in [0.1, 0.15) is 11.1 Å². The highest BCUT2D eigenvalue weighted by Crippen LogP contribution is 2.29. The van der Waals surface area contributed by atoms with Crippen LogP contribution in [0.3, 0.4) is 0 Å². The molecular formula is C16H13ClO2S. The number of carboxylic acid groups (broad SMARTS) is 1. The Morgan fingerprint density at radius 3 is 2.75 bits per heavy atom. The summed E-state index contributed by atoms with van der Waals surface area (Å²) in [4.78, 5) is 11.5. The van der Waals surface area contributed by atoms with Gasteiger partial charge in [-0.3, -0.25) is 0 Å². The van der Waals surface area contributed by atoms with Gasteiger partial charge in [0.2, 0.25) is 0 Å². The van der Waals surface area contributed by atoms with Crippen molar-refractivity contribution >= 4 is 35.4 Å². The first-order valence-electron chi connectivity index (χ1n) is 6.02. The molecule has 0 fully saturated rings. The van der Waals surface area contributed by atoms with Gasteiger partial charge in [-0.2, -0.15) is 0 Å². The maximum Gasteiger partial charge on any atom is 0.328 e. The van der Waals surface area contributed by atoms with Gasteiger partial charge in [0, 0.05) is 16.7 Å². The first kappa shape index (κ1) is 14.7. The lowest BCUT2D eigenvalue weighted by Gasteiger charge is -2.05. The lowest BCUT2D eigenvalue weighted by Crippen LogP contribution is -1.87. The van der Waals surface area contributed by atoms with Crippen molar-refractivity contribution in [2.24, 2.45) is 0 Å². The normalized spacial score (nSPS) is 10.8. The molecule has 0 saturated heterocycles. The summed E-state index contributed by atoms with van der Waals surface area (Å²) in [7, 11) is 0. The van der Waals surface area contributed by atoms with Crippen LogP contribution >= 0.6 is 23.4 Å². The summed E-state index contributed by atoms with van der Waals surface area (Å²) >= 11 is 7.77. The number of aliphatic carboxylic acids is 1. The Morgan fingerprint density at radius 2 is 2.00 bits per heavy atom. The Morgan fingerprint density at radius 1 is 1.20 bits per heavy atom. The molecule has 1 N–H and O–H groups in total. The molecule has 2 aromatic rings. The van der Waals surface area contributed by atoms with Gasteiger partial charge in [0.25, 0.3) is 0 Å². The Kier molecular flexibility index (Phi) is 5.27. The monoisotopic (exact) mass is 304 g/mol. The number of thioether (sulfide) groups is 1. The summed E-state index contributed by atoms with van der Waals surface area (Å²) in [6, 6.07) is 15.5. The molecule has 0 bridgehead atoms. The molecule has 0 saturated carbocycles. The molecule has 0 aliphatic carbocycles. The van der Waals surface area contributed by atoms with Crippen LogP contribution in [0.25, 0.3) is 6.08 Å². The molecule has 102 valence electrons. The Labute approximate surface area is 127 Å². The lowest BCUT2D eigenvalue weighted by molar-refractivity contribution is -0.131. The van der Waals surface area contributed by atoms with Gasteiger partial charge in [0.1, 0.15) is 0 Å². The van der Waals surface area contributed by atoms with Crippen LogP contribution in [0, 0.1) is 0 Å². The molecule has 0 aliphatic heterocycles. The van der Waals surface area contributed by atoms with E-state index >= 15 is 0 Å². The third-order valence-corrected chi connectivity index (χ3v) is 4.19. The lowest BCUT2D eigenvalue weighted by atomic mass is 10.1. The number of benzene rings is 2. The van der Waals surface area contributed by atoms with E-state index in [-0.39, 0.29) is 0 Å². The van der Waals surface area contributed by atoms with Crippen LogP contribution in [0.5, 0.6) is 0 Å². The highest BCUT2D eigenvalue weighted by Gasteiger charge is 2.01. The van der Waals surface area contributed by atoms with Crippen molar-refractivity contribution in [3.05, 3.63) is 70.8 Å². The minimum absolute atomic E-state index is 0.749. The van der Waals surface area contributed by atoms with E-state index in [2.05, 4.69) is 0 Å². The SMILES string of the molecule is O=C(O)C=Cc1cccc(CSc2ccccc2Cl)c1. The van der Waals surface area contributed by atoms with Gasteiger partial charge < -0.3 is 5.11 Å². The molecule has 0 amide bonds. The van der Waals surface area contributed by atoms with E-state index in [1.165, 1.54) is 0 Å². The van der Waals surface area contributed by atoms with Crippen LogP contribution in [0.15, 0.2) is 59.5 Å². The molecule has 4 heteroatoms. The molecule has 2 aromatic carbocycles. The summed E-state index contributed by atoms with van der Waals surface area (Å²) in [5.41, 5.74) is 2.01. The van der Waals surface area contributed by atoms with Crippen molar-refractivity contribution in [1.82, 2.24) is 0 Å². The van der Waals surface area contributed by atoms with Gasteiger partial charge in [0.05, 0.1) is 5.02 Å². The van der Waals surface area contributed by atoms with Gasteiger partial charge in [-0.1, -0.05) is 48.0 Å². The summed E-state index contributed by atoms with van der Waals surface area (Å²) in [5, 5.41) is 9.37. The minimum Gasteiger partial charge on any atom is -0.478 e. The summed E-state index contributed by atoms with van der Waals surface area (Å²) in [6.45, 7) is 0. The summed E-state index contributed by atoms with van der Waals surface area (Å²) in [5.74, 6) is -0.153. The predicted octanol–water partition coefficient (Wildman–Crippen LogP) is 4.73. The number of hydrogen-bond donors (Lipinski definition) is 1. The fourth-order valence-corrected chi connectivity index (χ4v) is 2.86. The van der Waals surface area contributed by atoms with Crippen LogP contribution in [0.2, 0.25) is 5.02 Å². The first-order valence-corrected chi connectivity index (χ1v) is 7.39. The van der Waals surface area contributed by atoms with Crippen molar-refractivity contribution in [3.63, 3.8) is 0 Å². The maximum absolute atomic E-state index is 10.5. The van der Waals surface area contributed by atoms with Crippen LogP contribution in [0.4, 0.5) is 0 Å². The van der Waals surface area contributed by atoms with E-state index in [4.69, 9.17) is 16.7 Å². The summed E-state index contributed by atoms with van der Waals surface area (Å²) < 4.78 is 0. The molecule has 0 heterocycles. The van der Waals surface area contributed by atoms with Gasteiger partial charge in [-0.25, -0.2) is 4.79 Å². The second-order valence-electron chi connectivity index (χ2n) is 4.14. The smallest absolute Gasteiger partial charge is 0.328 e. The zero-order chi connectivity index (χ0) is 14.4. The van der Waals surface area contributed by atoms with E-state index in [0.29, 0.717) is 0 Å². The third-order valence-electron chi connectivity index (χ3n) is 2.60. The van der Waals surface area contributed by atoms with Crippen LogP contribution < -0.4 is 0 Å². The van der Waals surface area contributed by atoms with Crippen LogP contribution in [-0.2, 0) is 10.5 Å². The standard InChI is InChI=1S/C16H13ClO2S/c17-14-6-1-2-7-15(14)20-11-13-5-3-4-12(10-13)8-9-16(18)19/h1-10H,11H2,(H,18,19). The quantitative estimate of drug-likeness (QED) is 0.641. The molecule has 20 heavy (non-hydrogen) atoms. The van der Waals surface area contributed by atoms with Crippen molar-refractivity contribution in [2.45, 2.75) is 10.6 Å². The Bertz CT molecular complexity index is 638. The molecule has 0 unspecified atom stereocenters. The average Bonchev–Trinajstić information content (AvgIpc) is 2.45. The maximum atomic E-state index is 10.5. The highest BCUT2D eigenvalue weighted by molar-refractivity contribution is 7.98. The zero-order valence-corrected chi connectivity index (χ0v) is 12.2. The minimum atomic E-state index is -0.944. The Balaban J connectivity index is 2.05. The molecule has 0 aliphatic rings. The topological polar surface area (TPSA) is 37.3 Å². The second kappa shape index (κ2) is 7.17. The number of carbonyl (C=O) groups is 1. The van der Waals surface area contributed by atoms with Crippen molar-refractivity contribution in [3.8, 4) is 0 Å². The number of rotatable bonds is 5. The molecule has 0 spiro atoms. The third kappa shape index (κ3) is 4.44. The first-order chi connectivity index (χ1) is 9.65. The second-order valence-corrected chi connectivity index (χ2v) is 5.56. The van der Waals surface area contributed by atoms with Gasteiger partial charge >= 0.3 is 5.97 Å². The summed E-state index contributed by atoms with van der Waals surface area (Å²) in [6.07, 6.45) is 2.73. The van der Waals surface area contributed by atoms with E-state index in [9.17, 15) is 4.79 Å². The molecule has 0 radical (unpaired) electrons. The molecule has 2 nitrogen and oxygen atoms in total. The zero-order valence-electron chi connectivity index (χ0n) is 10.6.